The van der Waals surface area contributed by atoms with Gasteiger partial charge in [0.05, 0.1) is 13.2 Å². The minimum atomic E-state index is 0.430. The molecule has 1 aliphatic rings. The molecular formula is C13H25NOS. The Morgan fingerprint density at radius 2 is 2.31 bits per heavy atom. The number of thioether (sulfide) groups is 1. The van der Waals surface area contributed by atoms with Gasteiger partial charge in [-0.25, -0.2) is 0 Å². The number of ether oxygens (including phenoxy) is 1. The molecule has 0 aromatic rings. The highest BCUT2D eigenvalue weighted by atomic mass is 32.2. The van der Waals surface area contributed by atoms with Crippen molar-refractivity contribution in [1.29, 1.82) is 0 Å². The van der Waals surface area contributed by atoms with Crippen molar-refractivity contribution in [1.82, 2.24) is 5.32 Å². The van der Waals surface area contributed by atoms with Crippen molar-refractivity contribution in [2.45, 2.75) is 33.2 Å². The molecule has 0 aromatic carbocycles. The van der Waals surface area contributed by atoms with E-state index in [1.165, 1.54) is 17.9 Å². The van der Waals surface area contributed by atoms with Crippen molar-refractivity contribution in [3.05, 3.63) is 12.2 Å². The van der Waals surface area contributed by atoms with Gasteiger partial charge >= 0.3 is 0 Å². The van der Waals surface area contributed by atoms with Crippen LogP contribution in [0.2, 0.25) is 0 Å². The van der Waals surface area contributed by atoms with Crippen LogP contribution in [0.25, 0.3) is 0 Å². The van der Waals surface area contributed by atoms with Crippen LogP contribution in [0.15, 0.2) is 12.2 Å². The van der Waals surface area contributed by atoms with Gasteiger partial charge in [-0.05, 0) is 24.5 Å². The first-order chi connectivity index (χ1) is 7.52. The van der Waals surface area contributed by atoms with Crippen LogP contribution in [-0.2, 0) is 4.74 Å². The van der Waals surface area contributed by atoms with Gasteiger partial charge in [0.25, 0.3) is 0 Å². The predicted octanol–water partition coefficient (Wildman–Crippen LogP) is 2.70. The summed E-state index contributed by atoms with van der Waals surface area (Å²) in [5.74, 6) is 2.53. The first-order valence-corrected chi connectivity index (χ1v) is 7.21. The smallest absolute Gasteiger partial charge is 0.0672 e. The molecule has 0 aromatic heterocycles. The summed E-state index contributed by atoms with van der Waals surface area (Å²) in [6.07, 6.45) is 1.31. The molecule has 94 valence electrons. The van der Waals surface area contributed by atoms with E-state index in [0.717, 1.165) is 18.7 Å². The molecular weight excluding hydrogens is 218 g/mol. The lowest BCUT2D eigenvalue weighted by Gasteiger charge is -2.38. The molecule has 0 bridgehead atoms. The van der Waals surface area contributed by atoms with E-state index in [0.29, 0.717) is 18.1 Å². The predicted molar refractivity (Wildman–Crippen MR) is 73.1 cm³/mol. The lowest BCUT2D eigenvalue weighted by molar-refractivity contribution is 0.146. The van der Waals surface area contributed by atoms with Crippen molar-refractivity contribution in [3.8, 4) is 0 Å². The second-order valence-corrected chi connectivity index (χ2v) is 6.48. The van der Waals surface area contributed by atoms with E-state index in [9.17, 15) is 0 Å². The molecule has 1 rings (SSSR count). The Kier molecular flexibility index (Phi) is 5.87. The SMILES string of the molecule is C=C(C)COCCNC1CSCCC1(C)C. The molecule has 2 nitrogen and oxygen atoms in total. The summed E-state index contributed by atoms with van der Waals surface area (Å²) in [5, 5.41) is 3.61. The van der Waals surface area contributed by atoms with Crippen molar-refractivity contribution in [2.24, 2.45) is 5.41 Å². The summed E-state index contributed by atoms with van der Waals surface area (Å²) < 4.78 is 5.49. The first kappa shape index (κ1) is 14.1. The molecule has 1 N–H and O–H groups in total. The summed E-state index contributed by atoms with van der Waals surface area (Å²) in [5.41, 5.74) is 1.52. The zero-order valence-corrected chi connectivity index (χ0v) is 11.7. The van der Waals surface area contributed by atoms with Crippen molar-refractivity contribution in [2.75, 3.05) is 31.3 Å². The highest BCUT2D eigenvalue weighted by molar-refractivity contribution is 7.99. The van der Waals surface area contributed by atoms with E-state index in [2.05, 4.69) is 37.5 Å². The third-order valence-corrected chi connectivity index (χ3v) is 4.17. The molecule has 1 unspecified atom stereocenters. The summed E-state index contributed by atoms with van der Waals surface area (Å²) in [6, 6.07) is 0.625. The minimum Gasteiger partial charge on any atom is -0.376 e. The van der Waals surface area contributed by atoms with Crippen LogP contribution in [0.3, 0.4) is 0 Å². The largest absolute Gasteiger partial charge is 0.376 e. The lowest BCUT2D eigenvalue weighted by atomic mass is 9.82. The Morgan fingerprint density at radius 3 is 2.94 bits per heavy atom. The lowest BCUT2D eigenvalue weighted by Crippen LogP contribution is -2.47. The summed E-state index contributed by atoms with van der Waals surface area (Å²) in [6.45, 7) is 12.9. The molecule has 1 heterocycles. The second kappa shape index (κ2) is 6.67. The van der Waals surface area contributed by atoms with Crippen LogP contribution in [0.4, 0.5) is 0 Å². The monoisotopic (exact) mass is 243 g/mol. The van der Waals surface area contributed by atoms with Gasteiger partial charge in [-0.2, -0.15) is 11.8 Å². The van der Waals surface area contributed by atoms with Crippen molar-refractivity contribution >= 4 is 11.8 Å². The average molecular weight is 243 g/mol. The number of rotatable bonds is 6. The van der Waals surface area contributed by atoms with Crippen LogP contribution in [0.1, 0.15) is 27.2 Å². The molecule has 0 amide bonds. The number of nitrogens with one attached hydrogen (secondary N) is 1. The normalized spacial score (nSPS) is 24.3. The maximum absolute atomic E-state index is 5.49. The van der Waals surface area contributed by atoms with Crippen LogP contribution in [0.5, 0.6) is 0 Å². The topological polar surface area (TPSA) is 21.3 Å². The van der Waals surface area contributed by atoms with Crippen LogP contribution < -0.4 is 5.32 Å². The first-order valence-electron chi connectivity index (χ1n) is 6.05. The third kappa shape index (κ3) is 4.89. The highest BCUT2D eigenvalue weighted by Gasteiger charge is 2.31. The standard InChI is InChI=1S/C13H25NOS/c1-11(2)9-15-7-6-14-12-10-16-8-5-13(12,3)4/h12,14H,1,5-10H2,2-4H3. The van der Waals surface area contributed by atoms with Crippen molar-refractivity contribution in [3.63, 3.8) is 0 Å². The van der Waals surface area contributed by atoms with E-state index in [4.69, 9.17) is 4.74 Å². The molecule has 0 spiro atoms. The molecule has 16 heavy (non-hydrogen) atoms. The molecule has 1 saturated heterocycles. The minimum absolute atomic E-state index is 0.430. The summed E-state index contributed by atoms with van der Waals surface area (Å²) in [7, 11) is 0. The zero-order valence-electron chi connectivity index (χ0n) is 10.8. The van der Waals surface area contributed by atoms with Gasteiger partial charge < -0.3 is 10.1 Å². The van der Waals surface area contributed by atoms with Gasteiger partial charge in [0.2, 0.25) is 0 Å². The highest BCUT2D eigenvalue weighted by Crippen LogP contribution is 2.33. The van der Waals surface area contributed by atoms with Crippen LogP contribution in [-0.4, -0.2) is 37.3 Å². The molecule has 0 saturated carbocycles. The van der Waals surface area contributed by atoms with Gasteiger partial charge in [-0.3, -0.25) is 0 Å². The number of hydrogen-bond donors (Lipinski definition) is 1. The Bertz CT molecular complexity index is 228. The zero-order chi connectivity index (χ0) is 12.0. The third-order valence-electron chi connectivity index (χ3n) is 3.10. The average Bonchev–Trinajstić information content (AvgIpc) is 2.19. The fourth-order valence-electron chi connectivity index (χ4n) is 1.82. The molecule has 1 fully saturated rings. The Morgan fingerprint density at radius 1 is 1.56 bits per heavy atom. The van der Waals surface area contributed by atoms with Gasteiger partial charge in [-0.1, -0.05) is 26.0 Å². The van der Waals surface area contributed by atoms with E-state index in [-0.39, 0.29) is 0 Å². The fourth-order valence-corrected chi connectivity index (χ4v) is 3.47. The Labute approximate surface area is 104 Å². The summed E-state index contributed by atoms with van der Waals surface area (Å²) >= 11 is 2.06. The van der Waals surface area contributed by atoms with Gasteiger partial charge in [0.15, 0.2) is 0 Å². The fraction of sp³-hybridized carbons (Fsp3) is 0.846. The molecule has 0 radical (unpaired) electrons. The van der Waals surface area contributed by atoms with E-state index < -0.39 is 0 Å². The van der Waals surface area contributed by atoms with E-state index in [1.807, 2.05) is 6.92 Å². The number of hydrogen-bond acceptors (Lipinski definition) is 3. The molecule has 3 heteroatoms. The second-order valence-electron chi connectivity index (χ2n) is 5.33. The van der Waals surface area contributed by atoms with Crippen LogP contribution >= 0.6 is 11.8 Å². The van der Waals surface area contributed by atoms with Gasteiger partial charge in [0, 0.05) is 18.3 Å². The van der Waals surface area contributed by atoms with Crippen LogP contribution in [0, 0.1) is 5.41 Å². The molecule has 1 aliphatic heterocycles. The molecule has 1 atom stereocenters. The van der Waals surface area contributed by atoms with E-state index in [1.54, 1.807) is 0 Å². The Balaban J connectivity index is 2.14. The van der Waals surface area contributed by atoms with Crippen molar-refractivity contribution < 1.29 is 4.74 Å². The maximum atomic E-state index is 5.49. The van der Waals surface area contributed by atoms with Gasteiger partial charge in [0.1, 0.15) is 0 Å². The Hall–Kier alpha value is 0.0100. The summed E-state index contributed by atoms with van der Waals surface area (Å²) in [4.78, 5) is 0. The maximum Gasteiger partial charge on any atom is 0.0672 e. The van der Waals surface area contributed by atoms with E-state index >= 15 is 0 Å². The molecule has 0 aliphatic carbocycles. The van der Waals surface area contributed by atoms with Gasteiger partial charge in [-0.15, -0.1) is 0 Å². The quantitative estimate of drug-likeness (QED) is 0.572.